The average molecular weight is 753 g/mol. The second-order valence-electron chi connectivity index (χ2n) is 16.7. The molecule has 0 bridgehead atoms. The van der Waals surface area contributed by atoms with Gasteiger partial charge in [0.05, 0.1) is 16.8 Å². The Morgan fingerprint density at radius 1 is 0.448 bits per heavy atom. The topological polar surface area (TPSA) is 6.48 Å². The highest BCUT2D eigenvalue weighted by atomic mass is 15.2. The summed E-state index contributed by atoms with van der Waals surface area (Å²) < 4.78 is 0. The Morgan fingerprint density at radius 3 is 1.60 bits per heavy atom. The lowest BCUT2D eigenvalue weighted by Gasteiger charge is -2.44. The predicted molar refractivity (Wildman–Crippen MR) is 247 cm³/mol. The van der Waals surface area contributed by atoms with Crippen LogP contribution in [0.1, 0.15) is 88.1 Å². The number of hydrogen-bond donors (Lipinski definition) is 0. The SMILES string of the molecule is CCC1(CC)c2cc(C(C)(CC)N(c3ccccc3)c3cccc4ccccc34)ccc2-c2cc3c(cc21)C3(CC)N(c1ccccc1)c1cccc2ccccc12. The largest absolute Gasteiger partial charge is 0.331 e. The van der Waals surface area contributed by atoms with Crippen molar-refractivity contribution in [2.24, 2.45) is 0 Å². The van der Waals surface area contributed by atoms with Crippen LogP contribution in [0.2, 0.25) is 0 Å². The molecule has 2 aliphatic carbocycles. The number of fused-ring (bicyclic) bond motifs is 6. The molecule has 2 unspecified atom stereocenters. The molecular weight excluding hydrogens is 701 g/mol. The zero-order valence-electron chi connectivity index (χ0n) is 34.5. The minimum absolute atomic E-state index is 0.0829. The Bertz CT molecular complexity index is 2810. The third-order valence-corrected chi connectivity index (χ3v) is 14.3. The third kappa shape index (κ3) is 5.10. The molecule has 8 aromatic carbocycles. The second-order valence-corrected chi connectivity index (χ2v) is 16.7. The van der Waals surface area contributed by atoms with Gasteiger partial charge >= 0.3 is 0 Å². The fourth-order valence-electron chi connectivity index (χ4n) is 11.0. The van der Waals surface area contributed by atoms with Gasteiger partial charge in [0.25, 0.3) is 0 Å². The molecule has 0 heterocycles. The molecule has 2 nitrogen and oxygen atoms in total. The average Bonchev–Trinajstić information content (AvgIpc) is 3.84. The van der Waals surface area contributed by atoms with Crippen LogP contribution in [0.5, 0.6) is 0 Å². The number of hydrogen-bond acceptors (Lipinski definition) is 2. The first kappa shape index (κ1) is 36.2. The van der Waals surface area contributed by atoms with Gasteiger partial charge in [0, 0.05) is 33.2 Å². The molecule has 0 radical (unpaired) electrons. The molecule has 0 saturated carbocycles. The standard InChI is InChI=1S/C56H52N2/c1-6-54(5,57(42-26-12-10-13-27-42)52-32-20-24-39-22-16-18-30-44(39)52)41-34-35-46-47-37-50-51(38-49(47)55(7-2,8-3)48(46)36-41)56(50,9-4)58(43-28-14-11-15-29-43)53-33-21-25-40-23-17-19-31-45(40)53/h10-38H,6-9H2,1-5H3. The van der Waals surface area contributed by atoms with E-state index in [1.165, 1.54) is 83.2 Å². The lowest BCUT2D eigenvalue weighted by Crippen LogP contribution is -2.41. The predicted octanol–water partition coefficient (Wildman–Crippen LogP) is 15.3. The van der Waals surface area contributed by atoms with Crippen molar-refractivity contribution >= 4 is 44.3 Å². The van der Waals surface area contributed by atoms with Gasteiger partial charge in [-0.05, 0) is 125 Å². The lowest BCUT2D eigenvalue weighted by atomic mass is 9.72. The first-order chi connectivity index (χ1) is 28.4. The smallest absolute Gasteiger partial charge is 0.0960 e. The maximum Gasteiger partial charge on any atom is 0.0960 e. The van der Waals surface area contributed by atoms with Gasteiger partial charge in [-0.1, -0.05) is 161 Å². The highest BCUT2D eigenvalue weighted by Gasteiger charge is 2.57. The molecule has 286 valence electrons. The van der Waals surface area contributed by atoms with Crippen LogP contribution in [-0.4, -0.2) is 0 Å². The van der Waals surface area contributed by atoms with Crippen LogP contribution in [-0.2, 0) is 16.5 Å². The first-order valence-electron chi connectivity index (χ1n) is 21.4. The van der Waals surface area contributed by atoms with Gasteiger partial charge in [-0.3, -0.25) is 0 Å². The maximum atomic E-state index is 2.65. The van der Waals surface area contributed by atoms with Crippen LogP contribution >= 0.6 is 0 Å². The minimum Gasteiger partial charge on any atom is -0.331 e. The Morgan fingerprint density at radius 2 is 0.983 bits per heavy atom. The van der Waals surface area contributed by atoms with Crippen molar-refractivity contribution in [2.45, 2.75) is 76.8 Å². The third-order valence-electron chi connectivity index (χ3n) is 14.3. The molecule has 2 atom stereocenters. The van der Waals surface area contributed by atoms with Crippen molar-refractivity contribution in [1.82, 2.24) is 0 Å². The molecule has 10 rings (SSSR count). The summed E-state index contributed by atoms with van der Waals surface area (Å²) in [5.41, 5.74) is 14.4. The van der Waals surface area contributed by atoms with Crippen molar-refractivity contribution in [2.75, 3.05) is 9.80 Å². The Hall–Kier alpha value is -6.12. The van der Waals surface area contributed by atoms with E-state index in [4.69, 9.17) is 0 Å². The van der Waals surface area contributed by atoms with Gasteiger partial charge in [-0.25, -0.2) is 0 Å². The molecule has 0 saturated heterocycles. The lowest BCUT2D eigenvalue weighted by molar-refractivity contribution is 0.458. The van der Waals surface area contributed by atoms with E-state index in [1.54, 1.807) is 0 Å². The van der Waals surface area contributed by atoms with E-state index in [1.807, 2.05) is 0 Å². The molecule has 0 spiro atoms. The summed E-state index contributed by atoms with van der Waals surface area (Å²) in [7, 11) is 0. The van der Waals surface area contributed by atoms with Gasteiger partial charge in [-0.15, -0.1) is 0 Å². The molecule has 0 aromatic heterocycles. The quantitative estimate of drug-likeness (QED) is 0.130. The summed E-state index contributed by atoms with van der Waals surface area (Å²) in [6.45, 7) is 12.0. The zero-order chi connectivity index (χ0) is 39.6. The van der Waals surface area contributed by atoms with Gasteiger partial charge in [0.15, 0.2) is 0 Å². The van der Waals surface area contributed by atoms with Crippen LogP contribution < -0.4 is 9.80 Å². The molecule has 0 N–H and O–H groups in total. The van der Waals surface area contributed by atoms with Crippen LogP contribution in [0.25, 0.3) is 32.7 Å². The Labute approximate surface area is 344 Å². The maximum absolute atomic E-state index is 2.65. The molecule has 0 aliphatic heterocycles. The highest BCUT2D eigenvalue weighted by molar-refractivity contribution is 5.99. The van der Waals surface area contributed by atoms with Crippen LogP contribution in [0, 0.1) is 0 Å². The summed E-state index contributed by atoms with van der Waals surface area (Å²) in [5.74, 6) is 0. The van der Waals surface area contributed by atoms with E-state index >= 15 is 0 Å². The van der Waals surface area contributed by atoms with Crippen molar-refractivity contribution in [1.29, 1.82) is 0 Å². The summed E-state index contributed by atoms with van der Waals surface area (Å²) in [5, 5.41) is 5.09. The van der Waals surface area contributed by atoms with Crippen molar-refractivity contribution in [3.8, 4) is 11.1 Å². The summed E-state index contributed by atoms with van der Waals surface area (Å²) in [4.78, 5) is 5.26. The van der Waals surface area contributed by atoms with E-state index in [9.17, 15) is 0 Å². The Kier molecular flexibility index (Phi) is 8.60. The molecular formula is C56H52N2. The van der Waals surface area contributed by atoms with E-state index < -0.39 is 0 Å². The molecule has 8 aromatic rings. The van der Waals surface area contributed by atoms with Gasteiger partial charge in [-0.2, -0.15) is 0 Å². The first-order valence-corrected chi connectivity index (χ1v) is 21.4. The van der Waals surface area contributed by atoms with Crippen LogP contribution in [0.4, 0.5) is 22.7 Å². The fourth-order valence-corrected chi connectivity index (χ4v) is 11.0. The van der Waals surface area contributed by atoms with Crippen LogP contribution in [0.15, 0.2) is 176 Å². The number of para-hydroxylation sites is 2. The summed E-state index contributed by atoms with van der Waals surface area (Å²) in [6, 6.07) is 66.0. The van der Waals surface area contributed by atoms with Crippen molar-refractivity contribution in [3.05, 3.63) is 204 Å². The molecule has 2 aliphatic rings. The molecule has 2 heteroatoms. The summed E-state index contributed by atoms with van der Waals surface area (Å²) in [6.07, 6.45) is 4.02. The Balaban J connectivity index is 1.14. The number of nitrogens with zero attached hydrogens (tertiary/aromatic N) is 2. The molecule has 0 fully saturated rings. The van der Waals surface area contributed by atoms with Gasteiger partial charge in [0.2, 0.25) is 0 Å². The van der Waals surface area contributed by atoms with Crippen LogP contribution in [0.3, 0.4) is 0 Å². The fraction of sp³-hybridized carbons (Fsp3) is 0.214. The van der Waals surface area contributed by atoms with Gasteiger partial charge < -0.3 is 9.80 Å². The molecule has 0 amide bonds. The van der Waals surface area contributed by atoms with Crippen molar-refractivity contribution in [3.63, 3.8) is 0 Å². The highest BCUT2D eigenvalue weighted by Crippen LogP contribution is 2.64. The van der Waals surface area contributed by atoms with E-state index in [-0.39, 0.29) is 16.5 Å². The number of anilines is 4. The van der Waals surface area contributed by atoms with Gasteiger partial charge in [0.1, 0.15) is 0 Å². The zero-order valence-corrected chi connectivity index (χ0v) is 34.5. The van der Waals surface area contributed by atoms with E-state index in [2.05, 4.69) is 220 Å². The van der Waals surface area contributed by atoms with E-state index in [0.29, 0.717) is 0 Å². The normalized spacial score (nSPS) is 17.0. The minimum atomic E-state index is -0.318. The summed E-state index contributed by atoms with van der Waals surface area (Å²) >= 11 is 0. The van der Waals surface area contributed by atoms with E-state index in [0.717, 1.165) is 25.7 Å². The second kappa shape index (κ2) is 13.8. The monoisotopic (exact) mass is 752 g/mol. The van der Waals surface area contributed by atoms with Crippen molar-refractivity contribution < 1.29 is 0 Å². The number of rotatable bonds is 11. The number of benzene rings is 8. The molecule has 58 heavy (non-hydrogen) atoms.